The summed E-state index contributed by atoms with van der Waals surface area (Å²) in [6.45, 7) is 0. The summed E-state index contributed by atoms with van der Waals surface area (Å²) in [5.74, 6) is 0. The Hall–Kier alpha value is -5.63. The highest BCUT2D eigenvalue weighted by Gasteiger charge is 2.41. The molecule has 3 heterocycles. The van der Waals surface area contributed by atoms with E-state index in [2.05, 4.69) is 114 Å². The molecule has 7 aromatic carbocycles. The molecule has 0 fully saturated rings. The Bertz CT molecular complexity index is 2720. The zero-order chi connectivity index (χ0) is 30.4. The monoisotopic (exact) mass is 607 g/mol. The van der Waals surface area contributed by atoms with Gasteiger partial charge in [0.2, 0.25) is 0 Å². The maximum absolute atomic E-state index is 15.3. The Morgan fingerprint density at radius 3 is 2.07 bits per heavy atom. The Kier molecular flexibility index (Phi) is 5.27. The Morgan fingerprint density at radius 2 is 1.20 bits per heavy atom. The molecule has 0 saturated carbocycles. The van der Waals surface area contributed by atoms with Crippen LogP contribution >= 0.6 is 7.14 Å². The van der Waals surface area contributed by atoms with Crippen molar-refractivity contribution in [3.05, 3.63) is 158 Å². The van der Waals surface area contributed by atoms with E-state index in [9.17, 15) is 0 Å². The lowest BCUT2D eigenvalue weighted by atomic mass is 10.0. The number of benzene rings is 7. The predicted molar refractivity (Wildman–Crippen MR) is 192 cm³/mol. The Balaban J connectivity index is 1.23. The van der Waals surface area contributed by atoms with Crippen LogP contribution in [0.5, 0.6) is 0 Å². The van der Waals surface area contributed by atoms with Gasteiger partial charge in [-0.3, -0.25) is 0 Å². The van der Waals surface area contributed by atoms with Crippen molar-refractivity contribution in [2.24, 2.45) is 0 Å². The van der Waals surface area contributed by atoms with Crippen LogP contribution in [0, 0.1) is 0 Å². The molecule has 3 nitrogen and oxygen atoms in total. The molecule has 0 N–H and O–H groups in total. The number of fused-ring (bicyclic) bond motifs is 10. The Labute approximate surface area is 265 Å². The highest BCUT2D eigenvalue weighted by Crippen LogP contribution is 2.54. The lowest BCUT2D eigenvalue weighted by molar-refractivity contribution is 0.593. The SMILES string of the molecule is O=P1(c2ccccc2)c2ccccc2-c2c1ccc1c3ccccc3n(-c3ccc(-c4cccc5c4oc4ccccc45)cc3)c21. The molecule has 1 atom stereocenters. The van der Waals surface area contributed by atoms with Gasteiger partial charge < -0.3 is 13.5 Å². The third-order valence-electron chi connectivity index (χ3n) is 9.63. The molecule has 216 valence electrons. The molecule has 0 radical (unpaired) electrons. The molecule has 0 saturated heterocycles. The first kappa shape index (κ1) is 25.7. The second kappa shape index (κ2) is 9.44. The average molecular weight is 608 g/mol. The van der Waals surface area contributed by atoms with Crippen LogP contribution in [0.4, 0.5) is 0 Å². The summed E-state index contributed by atoms with van der Waals surface area (Å²) in [6.07, 6.45) is 0. The van der Waals surface area contributed by atoms with Gasteiger partial charge in [-0.25, -0.2) is 0 Å². The minimum absolute atomic E-state index is 0.868. The van der Waals surface area contributed by atoms with Crippen LogP contribution in [0.25, 0.3) is 71.7 Å². The van der Waals surface area contributed by atoms with E-state index < -0.39 is 7.14 Å². The number of furan rings is 1. The van der Waals surface area contributed by atoms with Crippen molar-refractivity contribution in [2.45, 2.75) is 0 Å². The number of nitrogens with zero attached hydrogens (tertiary/aromatic N) is 1. The number of hydrogen-bond acceptors (Lipinski definition) is 2. The zero-order valence-corrected chi connectivity index (χ0v) is 25.6. The van der Waals surface area contributed by atoms with E-state index in [1.165, 1.54) is 5.39 Å². The van der Waals surface area contributed by atoms with Gasteiger partial charge in [0.25, 0.3) is 0 Å². The van der Waals surface area contributed by atoms with Gasteiger partial charge in [0.1, 0.15) is 11.2 Å². The standard InChI is InChI=1S/C42H26NO2P/c44-46(29-11-2-1-3-12-29)38-20-9-6-15-35(38)40-39(46)26-25-33-31-13-4-7-18-36(31)43(41(33)40)28-23-21-27(22-24-28)30-16-10-17-34-32-14-5-8-19-37(32)45-42(30)34/h1-26H. The van der Waals surface area contributed by atoms with Crippen LogP contribution < -0.4 is 15.9 Å². The van der Waals surface area contributed by atoms with Crippen LogP contribution in [-0.4, -0.2) is 4.57 Å². The van der Waals surface area contributed by atoms with Crippen molar-refractivity contribution in [3.8, 4) is 27.9 Å². The summed E-state index contributed by atoms with van der Waals surface area (Å²) in [5, 5.41) is 7.27. The summed E-state index contributed by atoms with van der Waals surface area (Å²) in [7, 11) is -3.07. The van der Waals surface area contributed by atoms with Crippen molar-refractivity contribution in [1.82, 2.24) is 4.57 Å². The van der Waals surface area contributed by atoms with Crippen molar-refractivity contribution < 1.29 is 8.98 Å². The lowest BCUT2D eigenvalue weighted by Gasteiger charge is -2.16. The summed E-state index contributed by atoms with van der Waals surface area (Å²) in [4.78, 5) is 0. The first-order valence-electron chi connectivity index (χ1n) is 15.6. The van der Waals surface area contributed by atoms with Gasteiger partial charge in [-0.1, -0.05) is 127 Å². The van der Waals surface area contributed by atoms with Gasteiger partial charge in [-0.15, -0.1) is 0 Å². The fraction of sp³-hybridized carbons (Fsp3) is 0. The van der Waals surface area contributed by atoms with Gasteiger partial charge in [0, 0.05) is 54.3 Å². The van der Waals surface area contributed by atoms with Crippen molar-refractivity contribution >= 4 is 66.8 Å². The smallest absolute Gasteiger partial charge is 0.172 e. The largest absolute Gasteiger partial charge is 0.455 e. The van der Waals surface area contributed by atoms with Crippen LogP contribution in [0.2, 0.25) is 0 Å². The van der Waals surface area contributed by atoms with Crippen LogP contribution in [0.1, 0.15) is 0 Å². The molecule has 0 bridgehead atoms. The highest BCUT2D eigenvalue weighted by atomic mass is 31.2. The van der Waals surface area contributed by atoms with Gasteiger partial charge in [0.15, 0.2) is 7.14 Å². The summed E-state index contributed by atoms with van der Waals surface area (Å²) < 4.78 is 24.0. The second-order valence-corrected chi connectivity index (χ2v) is 14.7. The van der Waals surface area contributed by atoms with Crippen LogP contribution in [0.3, 0.4) is 0 Å². The average Bonchev–Trinajstić information content (AvgIpc) is 3.76. The van der Waals surface area contributed by atoms with Gasteiger partial charge in [-0.05, 0) is 41.5 Å². The molecule has 9 aromatic rings. The highest BCUT2D eigenvalue weighted by molar-refractivity contribution is 7.86. The fourth-order valence-corrected chi connectivity index (χ4v) is 10.7. The molecule has 1 aliphatic heterocycles. The number of rotatable bonds is 3. The molecule has 1 unspecified atom stereocenters. The fourth-order valence-electron chi connectivity index (χ4n) is 7.61. The lowest BCUT2D eigenvalue weighted by Crippen LogP contribution is -2.20. The second-order valence-electron chi connectivity index (χ2n) is 12.0. The number of hydrogen-bond donors (Lipinski definition) is 0. The first-order valence-corrected chi connectivity index (χ1v) is 17.3. The van der Waals surface area contributed by atoms with Gasteiger partial charge in [0.05, 0.1) is 11.0 Å². The number of para-hydroxylation sites is 3. The molecule has 4 heteroatoms. The molecule has 0 spiro atoms. The van der Waals surface area contributed by atoms with Crippen LogP contribution in [0.15, 0.2) is 162 Å². The number of aromatic nitrogens is 1. The third-order valence-corrected chi connectivity index (χ3v) is 12.8. The maximum atomic E-state index is 15.3. The Morgan fingerprint density at radius 1 is 0.500 bits per heavy atom. The molecule has 10 rings (SSSR count). The molecule has 0 aliphatic carbocycles. The molecule has 0 amide bonds. The van der Waals surface area contributed by atoms with Gasteiger partial charge in [-0.2, -0.15) is 0 Å². The quantitative estimate of drug-likeness (QED) is 0.187. The minimum Gasteiger partial charge on any atom is -0.455 e. The topological polar surface area (TPSA) is 35.1 Å². The third kappa shape index (κ3) is 3.36. The molecular formula is C42H26NO2P. The van der Waals surface area contributed by atoms with Crippen LogP contribution in [-0.2, 0) is 4.57 Å². The first-order chi connectivity index (χ1) is 22.7. The molecule has 2 aromatic heterocycles. The summed E-state index contributed by atoms with van der Waals surface area (Å²) in [5.41, 5.74) is 9.34. The van der Waals surface area contributed by atoms with Crippen molar-refractivity contribution in [1.29, 1.82) is 0 Å². The minimum atomic E-state index is -3.07. The van der Waals surface area contributed by atoms with Crippen molar-refractivity contribution in [2.75, 3.05) is 0 Å². The van der Waals surface area contributed by atoms with Crippen molar-refractivity contribution in [3.63, 3.8) is 0 Å². The van der Waals surface area contributed by atoms with E-state index in [4.69, 9.17) is 4.42 Å². The normalized spacial score (nSPS) is 15.6. The maximum Gasteiger partial charge on any atom is 0.172 e. The predicted octanol–water partition coefficient (Wildman–Crippen LogP) is 9.97. The van der Waals surface area contributed by atoms with E-state index >= 15 is 4.57 Å². The van der Waals surface area contributed by atoms with E-state index in [0.29, 0.717) is 0 Å². The summed E-state index contributed by atoms with van der Waals surface area (Å²) >= 11 is 0. The van der Waals surface area contributed by atoms with E-state index in [1.54, 1.807) is 0 Å². The van der Waals surface area contributed by atoms with E-state index in [0.717, 1.165) is 82.2 Å². The molecular weight excluding hydrogens is 581 g/mol. The zero-order valence-electron chi connectivity index (χ0n) is 24.7. The van der Waals surface area contributed by atoms with Gasteiger partial charge >= 0.3 is 0 Å². The molecule has 46 heavy (non-hydrogen) atoms. The van der Waals surface area contributed by atoms with E-state index in [1.807, 2.05) is 48.5 Å². The molecule has 1 aliphatic rings. The van der Waals surface area contributed by atoms with E-state index in [-0.39, 0.29) is 0 Å². The summed E-state index contributed by atoms with van der Waals surface area (Å²) in [6, 6.07) is 54.4.